The molecule has 1 N–H and O–H groups in total. The van der Waals surface area contributed by atoms with Gasteiger partial charge in [0.05, 0.1) is 12.0 Å². The number of likely N-dealkylation sites (tertiary alicyclic amines) is 1. The topological polar surface area (TPSA) is 98.8 Å². The molecule has 0 bridgehead atoms. The smallest absolute Gasteiger partial charge is 0.410 e. The fraction of sp³-hybridized carbons (Fsp3) is 0.526. The molecule has 1 aromatic carbocycles. The van der Waals surface area contributed by atoms with Crippen LogP contribution in [-0.2, 0) is 20.9 Å². The highest BCUT2D eigenvalue weighted by Gasteiger charge is 2.36. The van der Waals surface area contributed by atoms with Gasteiger partial charge in [-0.15, -0.1) is 0 Å². The third kappa shape index (κ3) is 5.47. The van der Waals surface area contributed by atoms with E-state index in [4.69, 9.17) is 4.74 Å². The summed E-state index contributed by atoms with van der Waals surface area (Å²) in [7, 11) is 0. The average Bonchev–Trinajstić information content (AvgIpc) is 3.09. The molecule has 1 aliphatic heterocycles. The Labute approximate surface area is 153 Å². The van der Waals surface area contributed by atoms with E-state index in [9.17, 15) is 19.5 Å². The maximum absolute atomic E-state index is 12.5. The number of benzene rings is 1. The zero-order valence-electron chi connectivity index (χ0n) is 15.1. The Morgan fingerprint density at radius 2 is 1.96 bits per heavy atom. The fourth-order valence-corrected chi connectivity index (χ4v) is 3.01. The van der Waals surface area contributed by atoms with Gasteiger partial charge in [0.15, 0.2) is 0 Å². The van der Waals surface area contributed by atoms with Crippen molar-refractivity contribution in [1.29, 1.82) is 0 Å². The van der Waals surface area contributed by atoms with E-state index in [1.807, 2.05) is 44.2 Å². The van der Waals surface area contributed by atoms with Crippen molar-refractivity contribution in [2.75, 3.05) is 6.54 Å². The number of aliphatic carboxylic acids is 1. The molecule has 26 heavy (non-hydrogen) atoms. The zero-order valence-corrected chi connectivity index (χ0v) is 15.1. The number of carbonyl (C=O) groups is 3. The van der Waals surface area contributed by atoms with Crippen LogP contribution in [0.1, 0.15) is 38.7 Å². The molecule has 7 nitrogen and oxygen atoms in total. The van der Waals surface area contributed by atoms with E-state index in [1.54, 1.807) is 0 Å². The summed E-state index contributed by atoms with van der Waals surface area (Å²) in [4.78, 5) is 37.4. The Hall–Kier alpha value is -2.57. The van der Waals surface area contributed by atoms with Crippen LogP contribution < -0.4 is 10.4 Å². The summed E-state index contributed by atoms with van der Waals surface area (Å²) in [5.41, 5.74) is 0.856. The number of amides is 2. The van der Waals surface area contributed by atoms with Gasteiger partial charge in [-0.2, -0.15) is 0 Å². The van der Waals surface area contributed by atoms with Crippen molar-refractivity contribution in [3.05, 3.63) is 35.9 Å². The van der Waals surface area contributed by atoms with E-state index in [0.717, 1.165) is 5.56 Å². The van der Waals surface area contributed by atoms with Gasteiger partial charge in [0.2, 0.25) is 5.91 Å². The summed E-state index contributed by atoms with van der Waals surface area (Å²) in [5.74, 6) is -1.70. The first kappa shape index (κ1) is 19.8. The number of hydrogen-bond acceptors (Lipinski definition) is 5. The minimum absolute atomic E-state index is 0.0914. The molecule has 0 aliphatic carbocycles. The lowest BCUT2D eigenvalue weighted by Gasteiger charge is -2.27. The Kier molecular flexibility index (Phi) is 7.00. The van der Waals surface area contributed by atoms with Crippen LogP contribution in [0.2, 0.25) is 0 Å². The number of hydrogen-bond donors (Lipinski definition) is 1. The van der Waals surface area contributed by atoms with E-state index < -0.39 is 30.1 Å². The molecule has 1 aromatic rings. The van der Waals surface area contributed by atoms with Gasteiger partial charge in [0, 0.05) is 6.54 Å². The van der Waals surface area contributed by atoms with E-state index in [2.05, 4.69) is 5.32 Å². The van der Waals surface area contributed by atoms with Gasteiger partial charge in [0.1, 0.15) is 12.6 Å². The molecular formula is C19H25N2O5-. The summed E-state index contributed by atoms with van der Waals surface area (Å²) < 4.78 is 5.29. The molecule has 2 amide bonds. The number of nitrogens with zero attached hydrogens (tertiary/aromatic N) is 1. The lowest BCUT2D eigenvalue weighted by molar-refractivity contribution is -0.308. The molecule has 0 unspecified atom stereocenters. The van der Waals surface area contributed by atoms with Gasteiger partial charge < -0.3 is 20.0 Å². The van der Waals surface area contributed by atoms with Gasteiger partial charge in [-0.05, 0) is 30.7 Å². The SMILES string of the molecule is CC(C)C[C@@H](NC(=O)[C@H]1CCCN1C(=O)OCc1ccccc1)C(=O)[O-]. The van der Waals surface area contributed by atoms with Crippen molar-refractivity contribution in [2.45, 2.75) is 51.8 Å². The highest BCUT2D eigenvalue weighted by Crippen LogP contribution is 2.19. The molecule has 1 heterocycles. The van der Waals surface area contributed by atoms with Crippen LogP contribution in [0.15, 0.2) is 30.3 Å². The van der Waals surface area contributed by atoms with Crippen LogP contribution in [0.3, 0.4) is 0 Å². The van der Waals surface area contributed by atoms with E-state index >= 15 is 0 Å². The third-order valence-corrected chi connectivity index (χ3v) is 4.30. The highest BCUT2D eigenvalue weighted by atomic mass is 16.6. The van der Waals surface area contributed by atoms with Crippen molar-refractivity contribution in [3.8, 4) is 0 Å². The zero-order chi connectivity index (χ0) is 19.1. The standard InChI is InChI=1S/C19H26N2O5/c1-13(2)11-15(18(23)24)20-17(22)16-9-6-10-21(16)19(25)26-12-14-7-4-3-5-8-14/h3-5,7-8,13,15-16H,6,9-12H2,1-2H3,(H,20,22)(H,23,24)/p-1/t15-,16-/m1/s1. The Balaban J connectivity index is 1.94. The Morgan fingerprint density at radius 3 is 2.58 bits per heavy atom. The minimum Gasteiger partial charge on any atom is -0.548 e. The van der Waals surface area contributed by atoms with Crippen LogP contribution in [0.5, 0.6) is 0 Å². The first-order valence-electron chi connectivity index (χ1n) is 8.87. The fourth-order valence-electron chi connectivity index (χ4n) is 3.01. The first-order valence-corrected chi connectivity index (χ1v) is 8.87. The number of carboxylic acid groups (broad SMARTS) is 1. The lowest BCUT2D eigenvalue weighted by atomic mass is 10.0. The highest BCUT2D eigenvalue weighted by molar-refractivity contribution is 5.89. The summed E-state index contributed by atoms with van der Waals surface area (Å²) in [5, 5.41) is 13.7. The van der Waals surface area contributed by atoms with Gasteiger partial charge in [0.25, 0.3) is 0 Å². The normalized spacial score (nSPS) is 17.8. The largest absolute Gasteiger partial charge is 0.548 e. The number of carboxylic acids is 1. The second-order valence-electron chi connectivity index (χ2n) is 6.90. The second-order valence-corrected chi connectivity index (χ2v) is 6.90. The Morgan fingerprint density at radius 1 is 1.27 bits per heavy atom. The number of nitrogens with one attached hydrogen (secondary N) is 1. The van der Waals surface area contributed by atoms with Crippen LogP contribution in [0, 0.1) is 5.92 Å². The van der Waals surface area contributed by atoms with Crippen molar-refractivity contribution >= 4 is 18.0 Å². The number of rotatable bonds is 7. The van der Waals surface area contributed by atoms with Gasteiger partial charge in [-0.1, -0.05) is 44.2 Å². The molecule has 0 aromatic heterocycles. The lowest BCUT2D eigenvalue weighted by Crippen LogP contribution is -2.54. The summed E-state index contributed by atoms with van der Waals surface area (Å²) in [6.45, 7) is 4.27. The maximum atomic E-state index is 12.5. The van der Waals surface area contributed by atoms with Gasteiger partial charge >= 0.3 is 6.09 Å². The van der Waals surface area contributed by atoms with E-state index in [0.29, 0.717) is 19.4 Å². The molecule has 0 radical (unpaired) electrons. The van der Waals surface area contributed by atoms with Crippen molar-refractivity contribution < 1.29 is 24.2 Å². The summed E-state index contributed by atoms with van der Waals surface area (Å²) in [6.07, 6.45) is 0.853. The van der Waals surface area contributed by atoms with E-state index in [1.165, 1.54) is 4.90 Å². The molecule has 1 aliphatic rings. The molecule has 1 saturated heterocycles. The third-order valence-electron chi connectivity index (χ3n) is 4.30. The maximum Gasteiger partial charge on any atom is 0.410 e. The molecule has 2 rings (SSSR count). The quantitative estimate of drug-likeness (QED) is 0.783. The molecular weight excluding hydrogens is 336 g/mol. The van der Waals surface area contributed by atoms with Crippen molar-refractivity contribution in [1.82, 2.24) is 10.2 Å². The van der Waals surface area contributed by atoms with Gasteiger partial charge in [-0.3, -0.25) is 9.69 Å². The second kappa shape index (κ2) is 9.22. The summed E-state index contributed by atoms with van der Waals surface area (Å²) >= 11 is 0. The molecule has 0 saturated carbocycles. The van der Waals surface area contributed by atoms with Crippen LogP contribution in [0.25, 0.3) is 0 Å². The Bertz CT molecular complexity index is 632. The van der Waals surface area contributed by atoms with Crippen molar-refractivity contribution in [2.24, 2.45) is 5.92 Å². The minimum atomic E-state index is -1.32. The van der Waals surface area contributed by atoms with Crippen LogP contribution in [-0.4, -0.2) is 41.5 Å². The van der Waals surface area contributed by atoms with Crippen molar-refractivity contribution in [3.63, 3.8) is 0 Å². The predicted molar refractivity (Wildman–Crippen MR) is 92.7 cm³/mol. The van der Waals surface area contributed by atoms with Crippen LogP contribution >= 0.6 is 0 Å². The molecule has 0 spiro atoms. The molecule has 142 valence electrons. The molecule has 7 heteroatoms. The van der Waals surface area contributed by atoms with E-state index in [-0.39, 0.29) is 18.9 Å². The average molecular weight is 361 g/mol. The molecule has 2 atom stereocenters. The monoisotopic (exact) mass is 361 g/mol. The first-order chi connectivity index (χ1) is 12.4. The van der Waals surface area contributed by atoms with Gasteiger partial charge in [-0.25, -0.2) is 4.79 Å². The molecule has 1 fully saturated rings. The van der Waals surface area contributed by atoms with Crippen LogP contribution in [0.4, 0.5) is 4.79 Å². The predicted octanol–water partition coefficient (Wildman–Crippen LogP) is 1.07. The number of ether oxygens (including phenoxy) is 1. The summed E-state index contributed by atoms with van der Waals surface area (Å²) in [6, 6.07) is 7.48. The number of carbonyl (C=O) groups excluding carboxylic acids is 3.